The first-order valence-electron chi connectivity index (χ1n) is 9.81. The number of amides is 1. The minimum absolute atomic E-state index is 0.175. The molecule has 0 spiro atoms. The SMILES string of the molecule is CC(=O)Nc1ccc2c(CSc3nc(C4CC4)nc4ccccc34)cc(=O)oc2c1. The second-order valence-electron chi connectivity index (χ2n) is 7.45. The van der Waals surface area contributed by atoms with Crippen LogP contribution in [-0.4, -0.2) is 15.9 Å². The van der Waals surface area contributed by atoms with Crippen molar-refractivity contribution in [3.63, 3.8) is 0 Å². The average Bonchev–Trinajstić information content (AvgIpc) is 3.56. The first kappa shape index (κ1) is 18.8. The van der Waals surface area contributed by atoms with Crippen LogP contribution in [-0.2, 0) is 10.5 Å². The van der Waals surface area contributed by atoms with Crippen LogP contribution in [0.25, 0.3) is 21.9 Å². The number of para-hydroxylation sites is 1. The number of aromatic nitrogens is 2. The van der Waals surface area contributed by atoms with E-state index in [4.69, 9.17) is 14.4 Å². The molecule has 0 unspecified atom stereocenters. The molecule has 150 valence electrons. The van der Waals surface area contributed by atoms with Crippen molar-refractivity contribution in [3.05, 3.63) is 70.3 Å². The predicted octanol–water partition coefficient (Wildman–Crippen LogP) is 4.86. The Bertz CT molecular complexity index is 1340. The van der Waals surface area contributed by atoms with Crippen molar-refractivity contribution in [3.8, 4) is 0 Å². The van der Waals surface area contributed by atoms with Gasteiger partial charge in [0.15, 0.2) is 0 Å². The van der Waals surface area contributed by atoms with Gasteiger partial charge < -0.3 is 9.73 Å². The summed E-state index contributed by atoms with van der Waals surface area (Å²) in [5.41, 5.74) is 2.46. The van der Waals surface area contributed by atoms with E-state index in [9.17, 15) is 9.59 Å². The number of hydrogen-bond donors (Lipinski definition) is 1. The maximum atomic E-state index is 12.1. The van der Waals surface area contributed by atoms with Crippen LogP contribution in [0.4, 0.5) is 5.69 Å². The number of nitrogens with zero attached hydrogens (tertiary/aromatic N) is 2. The maximum Gasteiger partial charge on any atom is 0.336 e. The van der Waals surface area contributed by atoms with Crippen molar-refractivity contribution < 1.29 is 9.21 Å². The van der Waals surface area contributed by atoms with Crippen molar-refractivity contribution >= 4 is 45.2 Å². The molecule has 1 aliphatic rings. The minimum atomic E-state index is -0.413. The van der Waals surface area contributed by atoms with Crippen molar-refractivity contribution in [2.75, 3.05) is 5.32 Å². The third-order valence-corrected chi connectivity index (χ3v) is 6.08. The highest BCUT2D eigenvalue weighted by atomic mass is 32.2. The molecule has 2 aromatic carbocycles. The molecule has 0 bridgehead atoms. The lowest BCUT2D eigenvalue weighted by molar-refractivity contribution is -0.114. The number of benzene rings is 2. The monoisotopic (exact) mass is 417 g/mol. The van der Waals surface area contributed by atoms with Gasteiger partial charge in [0.2, 0.25) is 5.91 Å². The molecule has 2 heterocycles. The Hall–Kier alpha value is -3.19. The second-order valence-corrected chi connectivity index (χ2v) is 8.41. The summed E-state index contributed by atoms with van der Waals surface area (Å²) >= 11 is 1.60. The van der Waals surface area contributed by atoms with Gasteiger partial charge in [0.05, 0.1) is 5.52 Å². The summed E-state index contributed by atoms with van der Waals surface area (Å²) in [5, 5.41) is 5.51. The number of hydrogen-bond acceptors (Lipinski definition) is 6. The van der Waals surface area contributed by atoms with E-state index in [1.807, 2.05) is 36.4 Å². The molecule has 5 rings (SSSR count). The van der Waals surface area contributed by atoms with Crippen LogP contribution >= 0.6 is 11.8 Å². The van der Waals surface area contributed by atoms with Crippen LogP contribution in [0.1, 0.15) is 37.1 Å². The Morgan fingerprint density at radius 1 is 1.13 bits per heavy atom. The zero-order valence-corrected chi connectivity index (χ0v) is 17.2. The van der Waals surface area contributed by atoms with E-state index in [1.165, 1.54) is 13.0 Å². The van der Waals surface area contributed by atoms with Gasteiger partial charge in [-0.2, -0.15) is 0 Å². The molecule has 0 radical (unpaired) electrons. The minimum Gasteiger partial charge on any atom is -0.423 e. The topological polar surface area (TPSA) is 85.1 Å². The van der Waals surface area contributed by atoms with Gasteiger partial charge in [0, 0.05) is 47.2 Å². The molecule has 0 saturated heterocycles. The van der Waals surface area contributed by atoms with Crippen molar-refractivity contribution in [1.29, 1.82) is 0 Å². The predicted molar refractivity (Wildman–Crippen MR) is 118 cm³/mol. The molecule has 4 aromatic rings. The second kappa shape index (κ2) is 7.57. The zero-order valence-electron chi connectivity index (χ0n) is 16.3. The van der Waals surface area contributed by atoms with Gasteiger partial charge >= 0.3 is 5.63 Å². The van der Waals surface area contributed by atoms with Crippen LogP contribution in [0.3, 0.4) is 0 Å². The van der Waals surface area contributed by atoms with Gasteiger partial charge in [0.1, 0.15) is 16.4 Å². The first-order chi connectivity index (χ1) is 14.6. The van der Waals surface area contributed by atoms with E-state index in [-0.39, 0.29) is 5.91 Å². The zero-order chi connectivity index (χ0) is 20.7. The number of nitrogens with one attached hydrogen (secondary N) is 1. The maximum absolute atomic E-state index is 12.1. The summed E-state index contributed by atoms with van der Waals surface area (Å²) in [4.78, 5) is 33.0. The van der Waals surface area contributed by atoms with Crippen LogP contribution in [0.5, 0.6) is 0 Å². The van der Waals surface area contributed by atoms with Gasteiger partial charge in [0.25, 0.3) is 0 Å². The molecule has 1 saturated carbocycles. The van der Waals surface area contributed by atoms with Crippen LogP contribution in [0, 0.1) is 0 Å². The summed E-state index contributed by atoms with van der Waals surface area (Å²) in [5.74, 6) is 1.78. The molecule has 0 atom stereocenters. The van der Waals surface area contributed by atoms with Crippen LogP contribution in [0.15, 0.2) is 62.8 Å². The van der Waals surface area contributed by atoms with Gasteiger partial charge in [-0.25, -0.2) is 14.8 Å². The van der Waals surface area contributed by atoms with E-state index in [0.29, 0.717) is 22.9 Å². The summed E-state index contributed by atoms with van der Waals surface area (Å²) < 4.78 is 5.36. The fourth-order valence-electron chi connectivity index (χ4n) is 3.48. The van der Waals surface area contributed by atoms with Crippen molar-refractivity contribution in [1.82, 2.24) is 9.97 Å². The Balaban J connectivity index is 1.51. The van der Waals surface area contributed by atoms with E-state index in [0.717, 1.165) is 45.5 Å². The molecule has 30 heavy (non-hydrogen) atoms. The molecule has 2 aromatic heterocycles. The fraction of sp³-hybridized carbons (Fsp3) is 0.217. The molecule has 1 amide bonds. The number of carbonyl (C=O) groups excluding carboxylic acids is 1. The highest BCUT2D eigenvalue weighted by Gasteiger charge is 2.27. The molecular formula is C23H19N3O3S. The Labute approximate surface area is 176 Å². The Morgan fingerprint density at radius 2 is 1.97 bits per heavy atom. The Kier molecular flexibility index (Phi) is 4.75. The van der Waals surface area contributed by atoms with Gasteiger partial charge in [-0.05, 0) is 36.6 Å². The molecule has 6 nitrogen and oxygen atoms in total. The van der Waals surface area contributed by atoms with Crippen molar-refractivity contribution in [2.45, 2.75) is 36.5 Å². The number of anilines is 1. The fourth-order valence-corrected chi connectivity index (χ4v) is 4.49. The summed E-state index contributed by atoms with van der Waals surface area (Å²) in [6, 6.07) is 14.9. The highest BCUT2D eigenvalue weighted by Crippen LogP contribution is 2.40. The number of carbonyl (C=O) groups is 1. The molecule has 1 N–H and O–H groups in total. The lowest BCUT2D eigenvalue weighted by atomic mass is 10.1. The normalized spacial score (nSPS) is 13.6. The Morgan fingerprint density at radius 3 is 2.77 bits per heavy atom. The van der Waals surface area contributed by atoms with E-state index < -0.39 is 5.63 Å². The highest BCUT2D eigenvalue weighted by molar-refractivity contribution is 7.98. The molecule has 1 fully saturated rings. The number of thioether (sulfide) groups is 1. The lowest BCUT2D eigenvalue weighted by Gasteiger charge is -2.10. The number of fused-ring (bicyclic) bond motifs is 2. The third-order valence-electron chi connectivity index (χ3n) is 5.04. The van der Waals surface area contributed by atoms with E-state index in [1.54, 1.807) is 17.8 Å². The van der Waals surface area contributed by atoms with E-state index >= 15 is 0 Å². The van der Waals surface area contributed by atoms with Crippen LogP contribution in [0.2, 0.25) is 0 Å². The standard InChI is InChI=1S/C23H19N3O3S/c1-13(27)24-16-8-9-17-15(10-21(28)29-20(17)11-16)12-30-23-18-4-2-3-5-19(18)25-22(26-23)14-6-7-14/h2-5,8-11,14H,6-7,12H2,1H3,(H,24,27). The average molecular weight is 417 g/mol. The van der Waals surface area contributed by atoms with Crippen LogP contribution < -0.4 is 10.9 Å². The smallest absolute Gasteiger partial charge is 0.336 e. The molecule has 7 heteroatoms. The van der Waals surface area contributed by atoms with Gasteiger partial charge in [-0.1, -0.05) is 18.2 Å². The van der Waals surface area contributed by atoms with E-state index in [2.05, 4.69) is 5.32 Å². The number of rotatable bonds is 5. The van der Waals surface area contributed by atoms with Gasteiger partial charge in [-0.15, -0.1) is 11.8 Å². The summed E-state index contributed by atoms with van der Waals surface area (Å²) in [6.45, 7) is 1.44. The summed E-state index contributed by atoms with van der Waals surface area (Å²) in [7, 11) is 0. The molecule has 1 aliphatic carbocycles. The third kappa shape index (κ3) is 3.80. The van der Waals surface area contributed by atoms with Crippen molar-refractivity contribution in [2.24, 2.45) is 0 Å². The largest absolute Gasteiger partial charge is 0.423 e. The quantitative estimate of drug-likeness (QED) is 0.283. The molecule has 0 aliphatic heterocycles. The van der Waals surface area contributed by atoms with Gasteiger partial charge in [-0.3, -0.25) is 4.79 Å². The summed E-state index contributed by atoms with van der Waals surface area (Å²) in [6.07, 6.45) is 2.28. The lowest BCUT2D eigenvalue weighted by Crippen LogP contribution is -2.06. The molecular weight excluding hydrogens is 398 g/mol. The first-order valence-corrected chi connectivity index (χ1v) is 10.8.